The summed E-state index contributed by atoms with van der Waals surface area (Å²) in [6.07, 6.45) is -4.49. The highest BCUT2D eigenvalue weighted by molar-refractivity contribution is 5.94. The number of carbonyl (C=O) groups is 2. The standard InChI is InChI=1S/C16H20F3N3O2.ClH/c1-11(10-20)14(23)21-5-7-22(8-6-21)15(24)12-3-2-4-13(9-12)16(17,18)19;/h2-4,9,11H,5-8,10,20H2,1H3;1H. The second kappa shape index (κ2) is 8.53. The molecule has 0 aliphatic carbocycles. The number of nitrogens with zero attached hydrogens (tertiary/aromatic N) is 2. The van der Waals surface area contributed by atoms with Gasteiger partial charge in [-0.3, -0.25) is 9.59 Å². The van der Waals surface area contributed by atoms with E-state index >= 15 is 0 Å². The van der Waals surface area contributed by atoms with Crippen molar-refractivity contribution in [3.05, 3.63) is 35.4 Å². The first-order valence-corrected chi connectivity index (χ1v) is 7.69. The van der Waals surface area contributed by atoms with E-state index in [1.54, 1.807) is 11.8 Å². The maximum Gasteiger partial charge on any atom is 0.416 e. The van der Waals surface area contributed by atoms with E-state index in [0.717, 1.165) is 12.1 Å². The minimum absolute atomic E-state index is 0. The van der Waals surface area contributed by atoms with Gasteiger partial charge >= 0.3 is 6.18 Å². The molecule has 2 amide bonds. The Hall–Kier alpha value is -1.80. The Morgan fingerprint density at radius 3 is 2.24 bits per heavy atom. The molecule has 0 spiro atoms. The van der Waals surface area contributed by atoms with Crippen LogP contribution in [0.3, 0.4) is 0 Å². The molecule has 2 N–H and O–H groups in total. The van der Waals surface area contributed by atoms with Gasteiger partial charge in [-0.25, -0.2) is 0 Å². The zero-order valence-corrected chi connectivity index (χ0v) is 14.6. The van der Waals surface area contributed by atoms with E-state index in [4.69, 9.17) is 5.73 Å². The lowest BCUT2D eigenvalue weighted by Crippen LogP contribution is -2.52. The molecular weight excluding hydrogens is 359 g/mol. The van der Waals surface area contributed by atoms with E-state index in [1.807, 2.05) is 0 Å². The zero-order chi connectivity index (χ0) is 17.9. The van der Waals surface area contributed by atoms with E-state index in [0.29, 0.717) is 13.1 Å². The van der Waals surface area contributed by atoms with Gasteiger partial charge in [0.15, 0.2) is 0 Å². The van der Waals surface area contributed by atoms with Crippen LogP contribution in [0.4, 0.5) is 13.2 Å². The van der Waals surface area contributed by atoms with Crippen molar-refractivity contribution in [2.24, 2.45) is 11.7 Å². The number of rotatable bonds is 3. The summed E-state index contributed by atoms with van der Waals surface area (Å²) in [5.41, 5.74) is 4.63. The molecule has 1 aliphatic rings. The summed E-state index contributed by atoms with van der Waals surface area (Å²) in [5, 5.41) is 0. The van der Waals surface area contributed by atoms with Crippen LogP contribution in [0, 0.1) is 5.92 Å². The number of hydrogen-bond donors (Lipinski definition) is 1. The van der Waals surface area contributed by atoms with Crippen LogP contribution in [0.25, 0.3) is 0 Å². The minimum Gasteiger partial charge on any atom is -0.339 e. The summed E-state index contributed by atoms with van der Waals surface area (Å²) in [4.78, 5) is 27.5. The normalized spacial score (nSPS) is 16.2. The van der Waals surface area contributed by atoms with Gasteiger partial charge in [0, 0.05) is 44.2 Å². The molecule has 1 aromatic rings. The Kier molecular flexibility index (Phi) is 7.25. The van der Waals surface area contributed by atoms with Crippen molar-refractivity contribution in [1.29, 1.82) is 0 Å². The van der Waals surface area contributed by atoms with Crippen LogP contribution in [0.2, 0.25) is 0 Å². The lowest BCUT2D eigenvalue weighted by atomic mass is 10.1. The molecule has 0 radical (unpaired) electrons. The third-order valence-corrected chi connectivity index (χ3v) is 4.09. The number of amides is 2. The molecule has 1 saturated heterocycles. The molecule has 2 rings (SSSR count). The second-order valence-electron chi connectivity index (χ2n) is 5.83. The molecule has 1 heterocycles. The third kappa shape index (κ3) is 5.09. The molecule has 0 saturated carbocycles. The monoisotopic (exact) mass is 379 g/mol. The number of benzene rings is 1. The summed E-state index contributed by atoms with van der Waals surface area (Å²) < 4.78 is 38.2. The van der Waals surface area contributed by atoms with Gasteiger partial charge < -0.3 is 15.5 Å². The highest BCUT2D eigenvalue weighted by Gasteiger charge is 2.32. The molecule has 25 heavy (non-hydrogen) atoms. The number of halogens is 4. The predicted octanol–water partition coefficient (Wildman–Crippen LogP) is 2.01. The first-order valence-electron chi connectivity index (χ1n) is 7.69. The van der Waals surface area contributed by atoms with Crippen molar-refractivity contribution < 1.29 is 22.8 Å². The van der Waals surface area contributed by atoms with Crippen molar-refractivity contribution in [2.75, 3.05) is 32.7 Å². The molecule has 9 heteroatoms. The second-order valence-corrected chi connectivity index (χ2v) is 5.83. The van der Waals surface area contributed by atoms with E-state index in [-0.39, 0.29) is 49.4 Å². The highest BCUT2D eigenvalue weighted by Crippen LogP contribution is 2.29. The third-order valence-electron chi connectivity index (χ3n) is 4.09. The van der Waals surface area contributed by atoms with Gasteiger partial charge in [0.1, 0.15) is 0 Å². The van der Waals surface area contributed by atoms with Crippen LogP contribution in [0.1, 0.15) is 22.8 Å². The number of piperazine rings is 1. The average Bonchev–Trinajstić information content (AvgIpc) is 2.59. The van der Waals surface area contributed by atoms with E-state index in [2.05, 4.69) is 0 Å². The first kappa shape index (κ1) is 21.2. The van der Waals surface area contributed by atoms with Crippen LogP contribution in [-0.2, 0) is 11.0 Å². The lowest BCUT2D eigenvalue weighted by Gasteiger charge is -2.36. The van der Waals surface area contributed by atoms with Gasteiger partial charge in [-0.1, -0.05) is 13.0 Å². The molecule has 1 atom stereocenters. The number of alkyl halides is 3. The molecule has 0 bridgehead atoms. The Labute approximate surface area is 150 Å². The quantitative estimate of drug-likeness (QED) is 0.873. The van der Waals surface area contributed by atoms with Gasteiger partial charge in [0.25, 0.3) is 5.91 Å². The summed E-state index contributed by atoms with van der Waals surface area (Å²) in [7, 11) is 0. The molecule has 1 aliphatic heterocycles. The van der Waals surface area contributed by atoms with E-state index in [9.17, 15) is 22.8 Å². The maximum absolute atomic E-state index is 12.7. The van der Waals surface area contributed by atoms with Crippen LogP contribution >= 0.6 is 12.4 Å². The van der Waals surface area contributed by atoms with Crippen LogP contribution in [0.15, 0.2) is 24.3 Å². The fourth-order valence-electron chi connectivity index (χ4n) is 2.55. The molecule has 1 unspecified atom stereocenters. The van der Waals surface area contributed by atoms with Crippen molar-refractivity contribution in [2.45, 2.75) is 13.1 Å². The molecule has 140 valence electrons. The van der Waals surface area contributed by atoms with Crippen LogP contribution in [0.5, 0.6) is 0 Å². The molecule has 1 aromatic carbocycles. The Bertz CT molecular complexity index is 617. The van der Waals surface area contributed by atoms with E-state index < -0.39 is 17.6 Å². The van der Waals surface area contributed by atoms with Gasteiger partial charge in [-0.05, 0) is 18.2 Å². The smallest absolute Gasteiger partial charge is 0.339 e. The summed E-state index contributed by atoms with van der Waals surface area (Å²) in [6.45, 7) is 3.28. The van der Waals surface area contributed by atoms with Crippen molar-refractivity contribution in [3.63, 3.8) is 0 Å². The number of nitrogens with two attached hydrogens (primary N) is 1. The molecular formula is C16H21ClF3N3O2. The lowest BCUT2D eigenvalue weighted by molar-refractivity contribution is -0.138. The Morgan fingerprint density at radius 1 is 1.16 bits per heavy atom. The van der Waals surface area contributed by atoms with Crippen LogP contribution in [-0.4, -0.2) is 54.3 Å². The molecule has 1 fully saturated rings. The average molecular weight is 380 g/mol. The summed E-state index contributed by atoms with van der Waals surface area (Å²) in [6, 6.07) is 4.38. The Balaban J connectivity index is 0.00000312. The topological polar surface area (TPSA) is 66.6 Å². The van der Waals surface area contributed by atoms with Gasteiger partial charge in [0.05, 0.1) is 5.56 Å². The van der Waals surface area contributed by atoms with Crippen molar-refractivity contribution in [3.8, 4) is 0 Å². The molecule has 5 nitrogen and oxygen atoms in total. The van der Waals surface area contributed by atoms with Crippen molar-refractivity contribution in [1.82, 2.24) is 9.80 Å². The van der Waals surface area contributed by atoms with Crippen molar-refractivity contribution >= 4 is 24.2 Å². The number of carbonyl (C=O) groups excluding carboxylic acids is 2. The number of hydrogen-bond acceptors (Lipinski definition) is 3. The first-order chi connectivity index (χ1) is 11.2. The summed E-state index contributed by atoms with van der Waals surface area (Å²) >= 11 is 0. The van der Waals surface area contributed by atoms with E-state index in [1.165, 1.54) is 17.0 Å². The fourth-order valence-corrected chi connectivity index (χ4v) is 2.55. The largest absolute Gasteiger partial charge is 0.416 e. The fraction of sp³-hybridized carbons (Fsp3) is 0.500. The van der Waals surface area contributed by atoms with Gasteiger partial charge in [0.2, 0.25) is 5.91 Å². The Morgan fingerprint density at radius 2 is 1.72 bits per heavy atom. The minimum atomic E-state index is -4.49. The van der Waals surface area contributed by atoms with Crippen LogP contribution < -0.4 is 5.73 Å². The highest BCUT2D eigenvalue weighted by atomic mass is 35.5. The zero-order valence-electron chi connectivity index (χ0n) is 13.8. The predicted molar refractivity (Wildman–Crippen MR) is 89.4 cm³/mol. The maximum atomic E-state index is 12.7. The molecule has 0 aromatic heterocycles. The SMILES string of the molecule is CC(CN)C(=O)N1CCN(C(=O)c2cccc(C(F)(F)F)c2)CC1.Cl. The summed E-state index contributed by atoms with van der Waals surface area (Å²) in [5.74, 6) is -0.806. The van der Waals surface area contributed by atoms with Gasteiger partial charge in [-0.15, -0.1) is 12.4 Å². The van der Waals surface area contributed by atoms with Gasteiger partial charge in [-0.2, -0.15) is 13.2 Å².